The Morgan fingerprint density at radius 1 is 1.30 bits per heavy atom. The van der Waals surface area contributed by atoms with E-state index in [-0.39, 0.29) is 11.9 Å². The number of alkyl halides is 2. The Morgan fingerprint density at radius 2 is 2.15 bits per heavy atom. The van der Waals surface area contributed by atoms with Gasteiger partial charge in [0.15, 0.2) is 0 Å². The molecule has 1 saturated heterocycles. The molecule has 3 aromatic heterocycles. The number of aromatic nitrogens is 6. The van der Waals surface area contributed by atoms with Gasteiger partial charge >= 0.3 is 0 Å². The van der Waals surface area contributed by atoms with Crippen LogP contribution < -0.4 is 10.1 Å². The molecule has 4 aromatic rings. The number of hydrogen-bond donors (Lipinski definition) is 1. The van der Waals surface area contributed by atoms with E-state index in [4.69, 9.17) is 4.74 Å². The molecule has 0 aliphatic carbocycles. The normalized spacial score (nSPS) is 16.8. The van der Waals surface area contributed by atoms with Crippen molar-refractivity contribution in [3.8, 4) is 17.0 Å². The first kappa shape index (κ1) is 21.0. The van der Waals surface area contributed by atoms with Crippen LogP contribution in [0, 0.1) is 0 Å². The van der Waals surface area contributed by atoms with Gasteiger partial charge in [-0.05, 0) is 36.6 Å². The van der Waals surface area contributed by atoms with Crippen molar-refractivity contribution in [2.75, 3.05) is 26.0 Å². The van der Waals surface area contributed by atoms with E-state index in [0.717, 1.165) is 24.1 Å². The first-order chi connectivity index (χ1) is 15.9. The number of likely N-dealkylation sites (N-methyl/N-ethyl adjacent to an activating group) is 1. The topological polar surface area (TPSA) is 102 Å². The second-order valence-electron chi connectivity index (χ2n) is 7.93. The van der Waals surface area contributed by atoms with Gasteiger partial charge < -0.3 is 15.0 Å². The fraction of sp³-hybridized carbons (Fsp3) is 0.381. The number of halogens is 2. The van der Waals surface area contributed by atoms with Crippen LogP contribution in [-0.4, -0.2) is 73.6 Å². The fourth-order valence-electron chi connectivity index (χ4n) is 4.15. The lowest BCUT2D eigenvalue weighted by atomic mass is 10.1. The number of carbonyl (C=O) groups excluding carboxylic acids is 1. The summed E-state index contributed by atoms with van der Waals surface area (Å²) in [4.78, 5) is 18.6. The number of carbonyl (C=O) groups is 1. The molecule has 1 unspecified atom stereocenters. The highest BCUT2D eigenvalue weighted by Gasteiger charge is 2.27. The SMILES string of the molecule is COc1nc(NC2CCCN(C)C2=O)nn2ccc(-c3ccc4nnn(CC(F)F)c4c3)c12. The van der Waals surface area contributed by atoms with Crippen LogP contribution in [0.2, 0.25) is 0 Å². The Hall–Kier alpha value is -3.83. The molecule has 1 fully saturated rings. The van der Waals surface area contributed by atoms with E-state index in [1.54, 1.807) is 34.8 Å². The molecule has 5 rings (SSSR count). The maximum Gasteiger partial charge on any atom is 0.258 e. The first-order valence-corrected chi connectivity index (χ1v) is 10.5. The number of benzene rings is 1. The van der Waals surface area contributed by atoms with E-state index in [1.165, 1.54) is 11.8 Å². The van der Waals surface area contributed by atoms with E-state index >= 15 is 0 Å². The monoisotopic (exact) mass is 456 g/mol. The zero-order valence-corrected chi connectivity index (χ0v) is 18.1. The third-order valence-corrected chi connectivity index (χ3v) is 5.77. The number of likely N-dealkylation sites (tertiary alicyclic amines) is 1. The summed E-state index contributed by atoms with van der Waals surface area (Å²) in [7, 11) is 3.28. The number of methoxy groups -OCH3 is 1. The molecule has 1 N–H and O–H groups in total. The predicted octanol–water partition coefficient (Wildman–Crippen LogP) is 2.45. The molecule has 0 saturated carbocycles. The number of anilines is 1. The van der Waals surface area contributed by atoms with Crippen molar-refractivity contribution in [2.24, 2.45) is 0 Å². The lowest BCUT2D eigenvalue weighted by Gasteiger charge is -2.29. The Kier molecular flexibility index (Phi) is 5.27. The van der Waals surface area contributed by atoms with Crippen molar-refractivity contribution < 1.29 is 18.3 Å². The molecule has 4 heterocycles. The van der Waals surface area contributed by atoms with Gasteiger partial charge in [0.05, 0.1) is 12.6 Å². The van der Waals surface area contributed by atoms with Crippen LogP contribution in [0.5, 0.6) is 5.88 Å². The molecule has 1 aromatic carbocycles. The van der Waals surface area contributed by atoms with Crippen molar-refractivity contribution in [3.63, 3.8) is 0 Å². The van der Waals surface area contributed by atoms with E-state index < -0.39 is 19.0 Å². The first-order valence-electron chi connectivity index (χ1n) is 10.5. The molecule has 1 aliphatic heterocycles. The summed E-state index contributed by atoms with van der Waals surface area (Å²) in [6.07, 6.45) is 0.814. The summed E-state index contributed by atoms with van der Waals surface area (Å²) in [5.74, 6) is 0.604. The number of piperidine rings is 1. The highest BCUT2D eigenvalue weighted by Crippen LogP contribution is 2.33. The number of nitrogens with zero attached hydrogens (tertiary/aromatic N) is 7. The molecule has 0 radical (unpaired) electrons. The Balaban J connectivity index is 1.53. The van der Waals surface area contributed by atoms with Gasteiger partial charge in [0, 0.05) is 25.4 Å². The van der Waals surface area contributed by atoms with Gasteiger partial charge in [-0.3, -0.25) is 4.79 Å². The van der Waals surface area contributed by atoms with Crippen molar-refractivity contribution in [1.29, 1.82) is 0 Å². The Morgan fingerprint density at radius 3 is 2.94 bits per heavy atom. The van der Waals surface area contributed by atoms with Gasteiger partial charge in [0.1, 0.15) is 23.6 Å². The van der Waals surface area contributed by atoms with Crippen molar-refractivity contribution in [3.05, 3.63) is 30.5 Å². The predicted molar refractivity (Wildman–Crippen MR) is 116 cm³/mol. The Bertz CT molecular complexity index is 1330. The summed E-state index contributed by atoms with van der Waals surface area (Å²) in [6, 6.07) is 6.78. The number of nitrogens with one attached hydrogen (secondary N) is 1. The average molecular weight is 456 g/mol. The molecule has 1 atom stereocenters. The van der Waals surface area contributed by atoms with E-state index in [2.05, 4.69) is 25.7 Å². The molecule has 172 valence electrons. The molecular weight excluding hydrogens is 434 g/mol. The smallest absolute Gasteiger partial charge is 0.258 e. The van der Waals surface area contributed by atoms with Crippen LogP contribution in [0.15, 0.2) is 30.5 Å². The number of hydrogen-bond acceptors (Lipinski definition) is 7. The van der Waals surface area contributed by atoms with Crippen LogP contribution in [0.1, 0.15) is 12.8 Å². The molecular formula is C21H22F2N8O2. The molecule has 1 aliphatic rings. The summed E-state index contributed by atoms with van der Waals surface area (Å²) in [5.41, 5.74) is 3.17. The summed E-state index contributed by atoms with van der Waals surface area (Å²) < 4.78 is 34.2. The van der Waals surface area contributed by atoms with E-state index in [1.807, 2.05) is 12.1 Å². The third kappa shape index (κ3) is 3.81. The van der Waals surface area contributed by atoms with E-state index in [9.17, 15) is 13.6 Å². The van der Waals surface area contributed by atoms with Crippen LogP contribution in [0.25, 0.3) is 27.7 Å². The highest BCUT2D eigenvalue weighted by molar-refractivity contribution is 5.89. The summed E-state index contributed by atoms with van der Waals surface area (Å²) in [5, 5.41) is 15.4. The van der Waals surface area contributed by atoms with Crippen molar-refractivity contribution in [1.82, 2.24) is 34.5 Å². The quantitative estimate of drug-likeness (QED) is 0.475. The molecule has 0 bridgehead atoms. The minimum absolute atomic E-state index is 0.000528. The number of rotatable bonds is 6. The maximum absolute atomic E-state index is 12.9. The molecule has 0 spiro atoms. The number of fused-ring (bicyclic) bond motifs is 2. The maximum atomic E-state index is 12.9. The van der Waals surface area contributed by atoms with Crippen molar-refractivity contribution in [2.45, 2.75) is 31.9 Å². The van der Waals surface area contributed by atoms with Gasteiger partial charge in [0.2, 0.25) is 17.7 Å². The average Bonchev–Trinajstić information content (AvgIpc) is 3.40. The van der Waals surface area contributed by atoms with Crippen molar-refractivity contribution >= 4 is 28.4 Å². The largest absolute Gasteiger partial charge is 0.479 e. The zero-order valence-electron chi connectivity index (χ0n) is 18.1. The summed E-state index contributed by atoms with van der Waals surface area (Å²) >= 11 is 0. The van der Waals surface area contributed by atoms with Crippen LogP contribution in [0.3, 0.4) is 0 Å². The van der Waals surface area contributed by atoms with Gasteiger partial charge in [0.25, 0.3) is 6.43 Å². The minimum Gasteiger partial charge on any atom is -0.479 e. The second kappa shape index (κ2) is 8.26. The number of amides is 1. The lowest BCUT2D eigenvalue weighted by Crippen LogP contribution is -2.45. The van der Waals surface area contributed by atoms with Crippen LogP contribution >= 0.6 is 0 Å². The fourth-order valence-corrected chi connectivity index (χ4v) is 4.15. The lowest BCUT2D eigenvalue weighted by molar-refractivity contribution is -0.132. The van der Waals surface area contributed by atoms with Crippen LogP contribution in [-0.2, 0) is 11.3 Å². The zero-order chi connectivity index (χ0) is 23.1. The van der Waals surface area contributed by atoms with Gasteiger partial charge in [-0.15, -0.1) is 10.2 Å². The summed E-state index contributed by atoms with van der Waals surface area (Å²) in [6.45, 7) is 0.199. The Labute approximate surface area is 187 Å². The molecule has 1 amide bonds. The van der Waals surface area contributed by atoms with Crippen LogP contribution in [0.4, 0.5) is 14.7 Å². The molecule has 10 nitrogen and oxygen atoms in total. The molecule has 33 heavy (non-hydrogen) atoms. The van der Waals surface area contributed by atoms with Gasteiger partial charge in [-0.25, -0.2) is 18.0 Å². The van der Waals surface area contributed by atoms with E-state index in [0.29, 0.717) is 28.9 Å². The minimum atomic E-state index is -2.54. The van der Waals surface area contributed by atoms with Gasteiger partial charge in [-0.2, -0.15) is 4.98 Å². The second-order valence-corrected chi connectivity index (χ2v) is 7.93. The van der Waals surface area contributed by atoms with Gasteiger partial charge in [-0.1, -0.05) is 11.3 Å². The standard InChI is InChI=1S/C21H22F2N8O2/c1-29-8-3-4-15(20(29)32)24-21-25-19(33-2)18-13(7-9-30(18)27-21)12-5-6-14-16(10-12)31(28-26-14)11-17(22)23/h5-7,9-10,15,17H,3-4,8,11H2,1-2H3,(H,24,27). The third-order valence-electron chi connectivity index (χ3n) is 5.77. The highest BCUT2D eigenvalue weighted by atomic mass is 19.3. The molecule has 12 heteroatoms. The number of ether oxygens (including phenoxy) is 1.